The second-order valence-corrected chi connectivity index (χ2v) is 7.91. The Morgan fingerprint density at radius 2 is 2.08 bits per heavy atom. The number of esters is 1. The summed E-state index contributed by atoms with van der Waals surface area (Å²) in [5.41, 5.74) is 3.98. The Bertz CT molecular complexity index is 552. The van der Waals surface area contributed by atoms with Crippen molar-refractivity contribution in [1.82, 2.24) is 0 Å². The van der Waals surface area contributed by atoms with E-state index in [2.05, 4.69) is 45.9 Å². The van der Waals surface area contributed by atoms with Crippen molar-refractivity contribution in [2.45, 2.75) is 78.9 Å². The first-order valence-electron chi connectivity index (χ1n) is 9.64. The molecule has 1 aliphatic carbocycles. The smallest absolute Gasteiger partial charge is 0.302 e. The molecule has 1 aliphatic heterocycles. The molecule has 0 spiro atoms. The van der Waals surface area contributed by atoms with Gasteiger partial charge in [-0.2, -0.15) is 0 Å². The van der Waals surface area contributed by atoms with E-state index in [4.69, 9.17) is 9.47 Å². The van der Waals surface area contributed by atoms with E-state index in [1.165, 1.54) is 36.5 Å². The van der Waals surface area contributed by atoms with Crippen molar-refractivity contribution in [1.29, 1.82) is 0 Å². The molecule has 0 saturated carbocycles. The van der Waals surface area contributed by atoms with E-state index in [0.717, 1.165) is 19.3 Å². The van der Waals surface area contributed by atoms with Crippen LogP contribution < -0.4 is 0 Å². The molecule has 0 aromatic rings. The lowest BCUT2D eigenvalue weighted by molar-refractivity contribution is -0.140. The molecule has 0 N–H and O–H groups in total. The summed E-state index contributed by atoms with van der Waals surface area (Å²) in [6.45, 7) is 10.6. The normalized spacial score (nSPS) is 29.0. The predicted molar refractivity (Wildman–Crippen MR) is 102 cm³/mol. The van der Waals surface area contributed by atoms with Gasteiger partial charge in [0.2, 0.25) is 0 Å². The van der Waals surface area contributed by atoms with Crippen LogP contribution in [0.2, 0.25) is 0 Å². The standard InChI is InChI=1S/C22H34O3/c1-15(2)7-6-8-19(14-24-18(5)23)10-12-21-17(4)20-11-9-16(3)13-22(20)25-21/h7,10,13,17,20-22H,6,8-9,11-12,14H2,1-5H3/b19-10+/t17-,20+,21+,22+/m0/s1. The fourth-order valence-corrected chi connectivity index (χ4v) is 3.88. The molecule has 1 saturated heterocycles. The van der Waals surface area contributed by atoms with E-state index in [9.17, 15) is 4.79 Å². The zero-order chi connectivity index (χ0) is 18.4. The first kappa shape index (κ1) is 20.0. The Hall–Kier alpha value is -1.35. The molecular formula is C22H34O3. The largest absolute Gasteiger partial charge is 0.461 e. The van der Waals surface area contributed by atoms with E-state index in [0.29, 0.717) is 24.5 Å². The van der Waals surface area contributed by atoms with Crippen LogP contribution in [0.1, 0.15) is 66.7 Å². The van der Waals surface area contributed by atoms with Gasteiger partial charge >= 0.3 is 5.97 Å². The first-order chi connectivity index (χ1) is 11.9. The minimum atomic E-state index is -0.217. The van der Waals surface area contributed by atoms with Crippen LogP contribution in [0.15, 0.2) is 34.9 Å². The van der Waals surface area contributed by atoms with Crippen LogP contribution in [0.5, 0.6) is 0 Å². The molecule has 1 fully saturated rings. The van der Waals surface area contributed by atoms with Gasteiger partial charge in [0.05, 0.1) is 12.2 Å². The van der Waals surface area contributed by atoms with E-state index < -0.39 is 0 Å². The lowest BCUT2D eigenvalue weighted by Crippen LogP contribution is -2.21. The molecule has 0 aromatic heterocycles. The van der Waals surface area contributed by atoms with Crippen molar-refractivity contribution in [2.75, 3.05) is 6.61 Å². The fourth-order valence-electron chi connectivity index (χ4n) is 3.88. The summed E-state index contributed by atoms with van der Waals surface area (Å²) in [5, 5.41) is 0. The van der Waals surface area contributed by atoms with E-state index in [1.807, 2.05) is 0 Å². The van der Waals surface area contributed by atoms with Crippen LogP contribution in [0.4, 0.5) is 0 Å². The average Bonchev–Trinajstić information content (AvgIpc) is 2.84. The lowest BCUT2D eigenvalue weighted by atomic mass is 9.80. The monoisotopic (exact) mass is 346 g/mol. The molecule has 2 aliphatic rings. The molecule has 0 unspecified atom stereocenters. The SMILES string of the molecule is CC(=O)OC/C(=C/C[C@H]1O[C@@H]2C=C(C)CC[C@@H]2[C@@H]1C)CCC=C(C)C. The molecule has 0 amide bonds. The zero-order valence-corrected chi connectivity index (χ0v) is 16.5. The van der Waals surface area contributed by atoms with Gasteiger partial charge in [0.15, 0.2) is 0 Å². The highest BCUT2D eigenvalue weighted by molar-refractivity contribution is 5.66. The third kappa shape index (κ3) is 6.14. The van der Waals surface area contributed by atoms with Crippen molar-refractivity contribution >= 4 is 5.97 Å². The van der Waals surface area contributed by atoms with Gasteiger partial charge in [-0.3, -0.25) is 4.79 Å². The number of hydrogen-bond donors (Lipinski definition) is 0. The first-order valence-corrected chi connectivity index (χ1v) is 9.64. The number of carbonyl (C=O) groups excluding carboxylic acids is 1. The fraction of sp³-hybridized carbons (Fsp3) is 0.682. The van der Waals surface area contributed by atoms with Gasteiger partial charge in [-0.25, -0.2) is 0 Å². The summed E-state index contributed by atoms with van der Waals surface area (Å²) in [7, 11) is 0. The number of ether oxygens (including phenoxy) is 2. The molecule has 3 nitrogen and oxygen atoms in total. The molecule has 0 radical (unpaired) electrons. The Balaban J connectivity index is 1.96. The highest BCUT2D eigenvalue weighted by atomic mass is 16.5. The van der Waals surface area contributed by atoms with Crippen LogP contribution in [-0.2, 0) is 14.3 Å². The second-order valence-electron chi connectivity index (χ2n) is 7.91. The number of rotatable bonds is 7. The van der Waals surface area contributed by atoms with Crippen molar-refractivity contribution in [3.05, 3.63) is 34.9 Å². The van der Waals surface area contributed by atoms with Gasteiger partial charge in [-0.15, -0.1) is 0 Å². The molecular weight excluding hydrogens is 312 g/mol. The average molecular weight is 347 g/mol. The van der Waals surface area contributed by atoms with E-state index in [-0.39, 0.29) is 12.1 Å². The Labute approximate surface area is 153 Å². The Morgan fingerprint density at radius 1 is 1.32 bits per heavy atom. The summed E-state index contributed by atoms with van der Waals surface area (Å²) >= 11 is 0. The summed E-state index contributed by atoms with van der Waals surface area (Å²) < 4.78 is 11.6. The summed E-state index contributed by atoms with van der Waals surface area (Å²) in [6, 6.07) is 0. The minimum absolute atomic E-state index is 0.217. The van der Waals surface area contributed by atoms with E-state index >= 15 is 0 Å². The molecule has 3 heteroatoms. The van der Waals surface area contributed by atoms with Crippen LogP contribution in [-0.4, -0.2) is 24.8 Å². The van der Waals surface area contributed by atoms with Crippen LogP contribution in [0.3, 0.4) is 0 Å². The Kier molecular flexibility index (Phi) is 7.49. The third-order valence-electron chi connectivity index (χ3n) is 5.45. The minimum Gasteiger partial charge on any atom is -0.461 e. The third-order valence-corrected chi connectivity index (χ3v) is 5.45. The zero-order valence-electron chi connectivity index (χ0n) is 16.5. The maximum atomic E-state index is 11.2. The van der Waals surface area contributed by atoms with Crippen molar-refractivity contribution in [2.24, 2.45) is 11.8 Å². The van der Waals surface area contributed by atoms with Crippen LogP contribution in [0, 0.1) is 11.8 Å². The molecule has 0 bridgehead atoms. The highest BCUT2D eigenvalue weighted by Crippen LogP contribution is 2.41. The maximum absolute atomic E-state index is 11.2. The summed E-state index contributed by atoms with van der Waals surface area (Å²) in [6.07, 6.45) is 12.7. The second kappa shape index (κ2) is 9.38. The molecule has 0 aromatic carbocycles. The maximum Gasteiger partial charge on any atom is 0.302 e. The summed E-state index contributed by atoms with van der Waals surface area (Å²) in [4.78, 5) is 11.2. The molecule has 2 rings (SSSR count). The van der Waals surface area contributed by atoms with E-state index in [1.54, 1.807) is 0 Å². The Morgan fingerprint density at radius 3 is 2.76 bits per heavy atom. The van der Waals surface area contributed by atoms with Gasteiger partial charge in [0.25, 0.3) is 0 Å². The van der Waals surface area contributed by atoms with Crippen molar-refractivity contribution < 1.29 is 14.3 Å². The topological polar surface area (TPSA) is 35.5 Å². The molecule has 1 heterocycles. The van der Waals surface area contributed by atoms with Gasteiger partial charge in [0.1, 0.15) is 6.61 Å². The lowest BCUT2D eigenvalue weighted by Gasteiger charge is -2.23. The number of hydrogen-bond acceptors (Lipinski definition) is 3. The van der Waals surface area contributed by atoms with Crippen LogP contribution in [0.25, 0.3) is 0 Å². The van der Waals surface area contributed by atoms with Gasteiger partial charge in [-0.1, -0.05) is 36.3 Å². The van der Waals surface area contributed by atoms with Crippen molar-refractivity contribution in [3.8, 4) is 0 Å². The number of allylic oxidation sites excluding steroid dienone is 3. The van der Waals surface area contributed by atoms with Crippen molar-refractivity contribution in [3.63, 3.8) is 0 Å². The molecule has 4 atom stereocenters. The molecule has 140 valence electrons. The predicted octanol–water partition coefficient (Wildman–Crippen LogP) is 5.37. The van der Waals surface area contributed by atoms with Gasteiger partial charge in [0, 0.05) is 6.92 Å². The van der Waals surface area contributed by atoms with Crippen LogP contribution >= 0.6 is 0 Å². The van der Waals surface area contributed by atoms with Gasteiger partial charge in [-0.05, 0) is 70.3 Å². The number of carbonyl (C=O) groups is 1. The highest BCUT2D eigenvalue weighted by Gasteiger charge is 2.41. The quantitative estimate of drug-likeness (QED) is 0.459. The van der Waals surface area contributed by atoms with Gasteiger partial charge < -0.3 is 9.47 Å². The number of fused-ring (bicyclic) bond motifs is 1. The summed E-state index contributed by atoms with van der Waals surface area (Å²) in [5.74, 6) is 1.02. The molecule has 25 heavy (non-hydrogen) atoms.